The Balaban J connectivity index is 4.70. The molecule has 1 nitrogen and oxygen atoms in total. The Morgan fingerprint density at radius 1 is 1.38 bits per heavy atom. The third-order valence-corrected chi connectivity index (χ3v) is 2.41. The molecule has 0 spiro atoms. The van der Waals surface area contributed by atoms with Crippen LogP contribution in [0.1, 0.15) is 40.5 Å². The molecule has 0 rings (SSSR count). The molecule has 0 saturated carbocycles. The second kappa shape index (κ2) is 6.90. The molecule has 0 amide bonds. The van der Waals surface area contributed by atoms with Gasteiger partial charge in [-0.25, -0.2) is 0 Å². The summed E-state index contributed by atoms with van der Waals surface area (Å²) in [6.45, 7) is 9.41. The minimum atomic E-state index is 0.492. The average Bonchev–Trinajstić information content (AvgIpc) is 2.17. The summed E-state index contributed by atoms with van der Waals surface area (Å²) in [5, 5.41) is 0. The van der Waals surface area contributed by atoms with E-state index >= 15 is 0 Å². The summed E-state index contributed by atoms with van der Waals surface area (Å²) < 4.78 is 0. The van der Waals surface area contributed by atoms with E-state index in [9.17, 15) is 0 Å². The summed E-state index contributed by atoms with van der Waals surface area (Å²) in [6.07, 6.45) is 6.70. The summed E-state index contributed by atoms with van der Waals surface area (Å²) in [6, 6.07) is 0. The van der Waals surface area contributed by atoms with E-state index in [0.717, 1.165) is 19.4 Å². The fraction of sp³-hybridized carbons (Fsp3) is 0.667. The van der Waals surface area contributed by atoms with Crippen molar-refractivity contribution in [1.29, 1.82) is 0 Å². The van der Waals surface area contributed by atoms with Crippen molar-refractivity contribution in [2.24, 2.45) is 11.7 Å². The Bertz CT molecular complexity index is 189. The minimum absolute atomic E-state index is 0.492. The molecule has 2 N–H and O–H groups in total. The van der Waals surface area contributed by atoms with Crippen LogP contribution in [0.4, 0.5) is 0 Å². The largest absolute Gasteiger partial charge is 0.330 e. The van der Waals surface area contributed by atoms with Crippen molar-refractivity contribution in [2.75, 3.05) is 6.54 Å². The van der Waals surface area contributed by atoms with Gasteiger partial charge in [0.2, 0.25) is 0 Å². The van der Waals surface area contributed by atoms with Gasteiger partial charge in [0, 0.05) is 0 Å². The normalized spacial score (nSPS) is 16.1. The lowest BCUT2D eigenvalue weighted by Gasteiger charge is -2.16. The second-order valence-electron chi connectivity index (χ2n) is 3.37. The van der Waals surface area contributed by atoms with Crippen molar-refractivity contribution in [3.63, 3.8) is 0 Å². The van der Waals surface area contributed by atoms with Gasteiger partial charge >= 0.3 is 0 Å². The van der Waals surface area contributed by atoms with Crippen LogP contribution in [0.15, 0.2) is 23.3 Å². The smallest absolute Gasteiger partial charge is 0.00109 e. The van der Waals surface area contributed by atoms with E-state index < -0.39 is 0 Å². The Hall–Kier alpha value is -0.560. The van der Waals surface area contributed by atoms with E-state index in [1.165, 1.54) is 11.1 Å². The molecule has 1 unspecified atom stereocenters. The van der Waals surface area contributed by atoms with Gasteiger partial charge in [-0.05, 0) is 43.4 Å². The molecule has 0 bridgehead atoms. The topological polar surface area (TPSA) is 26.0 Å². The quantitative estimate of drug-likeness (QED) is 0.647. The first kappa shape index (κ1) is 12.4. The Morgan fingerprint density at radius 2 is 2.00 bits per heavy atom. The van der Waals surface area contributed by atoms with E-state index in [2.05, 4.69) is 39.8 Å². The van der Waals surface area contributed by atoms with Crippen molar-refractivity contribution in [1.82, 2.24) is 0 Å². The van der Waals surface area contributed by atoms with E-state index in [1.807, 2.05) is 0 Å². The highest BCUT2D eigenvalue weighted by Crippen LogP contribution is 2.22. The van der Waals surface area contributed by atoms with Crippen molar-refractivity contribution >= 4 is 0 Å². The summed E-state index contributed by atoms with van der Waals surface area (Å²) >= 11 is 0. The van der Waals surface area contributed by atoms with E-state index in [4.69, 9.17) is 5.73 Å². The van der Waals surface area contributed by atoms with Gasteiger partial charge in [0.15, 0.2) is 0 Å². The molecule has 0 saturated heterocycles. The molecule has 0 fully saturated rings. The second-order valence-corrected chi connectivity index (χ2v) is 3.37. The number of hydrogen-bond donors (Lipinski definition) is 1. The first-order chi connectivity index (χ1) is 6.21. The molecule has 1 heteroatoms. The highest BCUT2D eigenvalue weighted by molar-refractivity contribution is 5.32. The van der Waals surface area contributed by atoms with E-state index in [1.54, 1.807) is 0 Å². The van der Waals surface area contributed by atoms with E-state index in [0.29, 0.717) is 5.92 Å². The van der Waals surface area contributed by atoms with Gasteiger partial charge in [0.05, 0.1) is 0 Å². The predicted octanol–water partition coefficient (Wildman–Crippen LogP) is 3.27. The zero-order valence-electron chi connectivity index (χ0n) is 9.43. The van der Waals surface area contributed by atoms with Crippen molar-refractivity contribution in [3.8, 4) is 0 Å². The van der Waals surface area contributed by atoms with E-state index in [-0.39, 0.29) is 0 Å². The molecule has 0 aliphatic rings. The van der Waals surface area contributed by atoms with Crippen molar-refractivity contribution < 1.29 is 0 Å². The summed E-state index contributed by atoms with van der Waals surface area (Å²) in [7, 11) is 0. The molecule has 0 aliphatic heterocycles. The highest BCUT2D eigenvalue weighted by Gasteiger charge is 2.08. The van der Waals surface area contributed by atoms with Crippen LogP contribution in [0, 0.1) is 5.92 Å². The van der Waals surface area contributed by atoms with Crippen LogP contribution in [0.3, 0.4) is 0 Å². The molecule has 0 heterocycles. The van der Waals surface area contributed by atoms with Gasteiger partial charge in [0.25, 0.3) is 0 Å². The summed E-state index contributed by atoms with van der Waals surface area (Å²) in [5.74, 6) is 0.492. The molecule has 13 heavy (non-hydrogen) atoms. The standard InChI is InChI=1S/C12H23N/c1-5-8-12(10(4)9-13)11(6-2)7-3/h6,8,10H,5,7,9,13H2,1-4H3/b11-6-,12-8-. The lowest BCUT2D eigenvalue weighted by Crippen LogP contribution is -2.14. The van der Waals surface area contributed by atoms with Gasteiger partial charge in [-0.1, -0.05) is 32.9 Å². The van der Waals surface area contributed by atoms with Crippen LogP contribution < -0.4 is 5.73 Å². The molecule has 0 aromatic rings. The highest BCUT2D eigenvalue weighted by atomic mass is 14.5. The number of allylic oxidation sites excluding steroid dienone is 3. The minimum Gasteiger partial charge on any atom is -0.330 e. The maximum Gasteiger partial charge on any atom is -0.00109 e. The number of hydrogen-bond acceptors (Lipinski definition) is 1. The Morgan fingerprint density at radius 3 is 2.31 bits per heavy atom. The molecular weight excluding hydrogens is 158 g/mol. The number of nitrogens with two attached hydrogens (primary N) is 1. The summed E-state index contributed by atoms with van der Waals surface area (Å²) in [4.78, 5) is 0. The fourth-order valence-electron chi connectivity index (χ4n) is 1.57. The molecule has 76 valence electrons. The lowest BCUT2D eigenvalue weighted by molar-refractivity contribution is 0.690. The summed E-state index contributed by atoms with van der Waals surface area (Å²) in [5.41, 5.74) is 8.57. The van der Waals surface area contributed by atoms with Gasteiger partial charge in [0.1, 0.15) is 0 Å². The zero-order valence-corrected chi connectivity index (χ0v) is 9.43. The van der Waals surface area contributed by atoms with Crippen molar-refractivity contribution in [2.45, 2.75) is 40.5 Å². The van der Waals surface area contributed by atoms with Crippen LogP contribution in [-0.4, -0.2) is 6.54 Å². The third kappa shape index (κ3) is 3.77. The molecule has 0 aliphatic carbocycles. The van der Waals surface area contributed by atoms with Gasteiger partial charge in [-0.2, -0.15) is 0 Å². The molecule has 0 aromatic heterocycles. The van der Waals surface area contributed by atoms with Crippen LogP contribution in [0.2, 0.25) is 0 Å². The predicted molar refractivity (Wildman–Crippen MR) is 60.6 cm³/mol. The first-order valence-corrected chi connectivity index (χ1v) is 5.26. The zero-order chi connectivity index (χ0) is 10.3. The maximum atomic E-state index is 5.68. The van der Waals surface area contributed by atoms with Crippen LogP contribution in [-0.2, 0) is 0 Å². The van der Waals surface area contributed by atoms with Crippen LogP contribution in [0.5, 0.6) is 0 Å². The van der Waals surface area contributed by atoms with Crippen LogP contribution in [0.25, 0.3) is 0 Å². The number of rotatable bonds is 5. The SMILES string of the molecule is C/C=C(CC)\C(=C/CC)C(C)CN. The Labute approximate surface area is 82.7 Å². The van der Waals surface area contributed by atoms with Crippen LogP contribution >= 0.6 is 0 Å². The monoisotopic (exact) mass is 181 g/mol. The maximum absolute atomic E-state index is 5.68. The lowest BCUT2D eigenvalue weighted by atomic mass is 9.91. The molecular formula is C12H23N. The van der Waals surface area contributed by atoms with Crippen molar-refractivity contribution in [3.05, 3.63) is 23.3 Å². The molecule has 0 aromatic carbocycles. The third-order valence-electron chi connectivity index (χ3n) is 2.41. The van der Waals surface area contributed by atoms with Gasteiger partial charge < -0.3 is 5.73 Å². The van der Waals surface area contributed by atoms with Gasteiger partial charge in [-0.3, -0.25) is 0 Å². The first-order valence-electron chi connectivity index (χ1n) is 5.26. The van der Waals surface area contributed by atoms with Gasteiger partial charge in [-0.15, -0.1) is 0 Å². The fourth-order valence-corrected chi connectivity index (χ4v) is 1.57. The Kier molecular flexibility index (Phi) is 6.61. The molecule has 0 radical (unpaired) electrons. The average molecular weight is 181 g/mol. The molecule has 1 atom stereocenters.